The van der Waals surface area contributed by atoms with Crippen molar-refractivity contribution in [3.63, 3.8) is 0 Å². The molecule has 0 spiro atoms. The lowest BCUT2D eigenvalue weighted by Crippen LogP contribution is -2.43. The fraction of sp³-hybridized carbons (Fsp3) is 0.333. The third kappa shape index (κ3) is 4.40. The molecule has 31 heavy (non-hydrogen) atoms. The number of benzene rings is 2. The molecule has 0 aromatic heterocycles. The minimum Gasteiger partial charge on any atom is -0.482 e. The number of ether oxygens (including phenoxy) is 1. The van der Waals surface area contributed by atoms with E-state index in [1.165, 1.54) is 28.6 Å². The molecule has 8 nitrogen and oxygen atoms in total. The van der Waals surface area contributed by atoms with Crippen LogP contribution in [0.4, 0.5) is 15.8 Å². The average molecular weight is 447 g/mol. The molecule has 2 amide bonds. The molecule has 10 heteroatoms. The first-order valence-electron chi connectivity index (χ1n) is 9.88. The van der Waals surface area contributed by atoms with E-state index in [0.29, 0.717) is 42.1 Å². The van der Waals surface area contributed by atoms with E-state index in [2.05, 4.69) is 10.6 Å². The number of carbonyl (C=O) groups is 2. The Bertz CT molecular complexity index is 1150. The molecule has 1 saturated heterocycles. The van der Waals surface area contributed by atoms with Crippen LogP contribution in [0.3, 0.4) is 0 Å². The van der Waals surface area contributed by atoms with Gasteiger partial charge < -0.3 is 15.4 Å². The highest BCUT2D eigenvalue weighted by Crippen LogP contribution is 2.35. The highest BCUT2D eigenvalue weighted by molar-refractivity contribution is 7.89. The summed E-state index contributed by atoms with van der Waals surface area (Å²) in [5.74, 6) is -1.38. The number of fused-ring (bicyclic) bond motifs is 1. The van der Waals surface area contributed by atoms with Crippen LogP contribution in [0.2, 0.25) is 0 Å². The van der Waals surface area contributed by atoms with E-state index in [0.717, 1.165) is 0 Å². The van der Waals surface area contributed by atoms with Crippen LogP contribution in [0.1, 0.15) is 18.4 Å². The van der Waals surface area contributed by atoms with Gasteiger partial charge in [0.15, 0.2) is 6.61 Å². The minimum atomic E-state index is -3.89. The van der Waals surface area contributed by atoms with Crippen molar-refractivity contribution in [1.82, 2.24) is 4.31 Å². The molecule has 1 atom stereocenters. The third-order valence-corrected chi connectivity index (χ3v) is 7.38. The van der Waals surface area contributed by atoms with Crippen molar-refractivity contribution in [3.05, 3.63) is 47.8 Å². The molecule has 1 fully saturated rings. The van der Waals surface area contributed by atoms with Gasteiger partial charge in [0, 0.05) is 24.8 Å². The number of rotatable bonds is 4. The number of hydrogen-bond donors (Lipinski definition) is 2. The summed E-state index contributed by atoms with van der Waals surface area (Å²) in [5, 5.41) is 5.32. The van der Waals surface area contributed by atoms with E-state index in [1.54, 1.807) is 19.1 Å². The zero-order chi connectivity index (χ0) is 22.2. The topological polar surface area (TPSA) is 105 Å². The van der Waals surface area contributed by atoms with Crippen LogP contribution >= 0.6 is 0 Å². The molecule has 2 heterocycles. The second-order valence-electron chi connectivity index (χ2n) is 7.65. The molecule has 2 aliphatic rings. The Balaban J connectivity index is 1.53. The van der Waals surface area contributed by atoms with Crippen molar-refractivity contribution in [2.75, 3.05) is 30.3 Å². The quantitative estimate of drug-likeness (QED) is 0.749. The summed E-state index contributed by atoms with van der Waals surface area (Å²) >= 11 is 0. The van der Waals surface area contributed by atoms with Crippen molar-refractivity contribution >= 4 is 33.2 Å². The van der Waals surface area contributed by atoms with Crippen LogP contribution in [0.25, 0.3) is 0 Å². The highest BCUT2D eigenvalue weighted by atomic mass is 32.2. The summed E-state index contributed by atoms with van der Waals surface area (Å²) in [7, 11) is -3.89. The molecule has 0 unspecified atom stereocenters. The molecular weight excluding hydrogens is 425 g/mol. The molecular formula is C21H22FN3O5S. The highest BCUT2D eigenvalue weighted by Gasteiger charge is 2.35. The molecule has 0 bridgehead atoms. The van der Waals surface area contributed by atoms with Gasteiger partial charge in [0.05, 0.1) is 16.5 Å². The standard InChI is InChI=1S/C21H22FN3O5S/c1-13-8-17-18(30-12-20(26)24-17)10-19(13)31(28,29)25-7-3-4-14(11-25)21(27)23-16-6-2-5-15(22)9-16/h2,5-6,8-10,14H,3-4,7,11-12H2,1H3,(H,23,27)(H,24,26)/t14-/m0/s1. The van der Waals surface area contributed by atoms with Gasteiger partial charge in [0.25, 0.3) is 5.91 Å². The van der Waals surface area contributed by atoms with Gasteiger partial charge in [-0.15, -0.1) is 0 Å². The maximum atomic E-state index is 13.4. The Hall–Kier alpha value is -2.98. The Morgan fingerprint density at radius 2 is 2.10 bits per heavy atom. The van der Waals surface area contributed by atoms with Gasteiger partial charge in [-0.2, -0.15) is 4.31 Å². The molecule has 2 aromatic carbocycles. The monoisotopic (exact) mass is 447 g/mol. The van der Waals surface area contributed by atoms with Crippen molar-refractivity contribution in [2.45, 2.75) is 24.7 Å². The Morgan fingerprint density at radius 3 is 2.87 bits per heavy atom. The van der Waals surface area contributed by atoms with Crippen LogP contribution in [0, 0.1) is 18.7 Å². The molecule has 2 aliphatic heterocycles. The van der Waals surface area contributed by atoms with E-state index in [1.807, 2.05) is 0 Å². The van der Waals surface area contributed by atoms with E-state index >= 15 is 0 Å². The second-order valence-corrected chi connectivity index (χ2v) is 9.56. The molecule has 2 N–H and O–H groups in total. The second kappa shape index (κ2) is 8.27. The maximum absolute atomic E-state index is 13.4. The molecule has 0 aliphatic carbocycles. The van der Waals surface area contributed by atoms with Gasteiger partial charge in [-0.3, -0.25) is 9.59 Å². The fourth-order valence-electron chi connectivity index (χ4n) is 3.82. The normalized spacial score (nSPS) is 19.2. The summed E-state index contributed by atoms with van der Waals surface area (Å²) < 4.78 is 46.7. The Kier molecular flexibility index (Phi) is 5.67. The fourth-order valence-corrected chi connectivity index (χ4v) is 5.56. The van der Waals surface area contributed by atoms with Gasteiger partial charge in [0.1, 0.15) is 11.6 Å². The summed E-state index contributed by atoms with van der Waals surface area (Å²) in [6.45, 7) is 1.78. The van der Waals surface area contributed by atoms with E-state index in [9.17, 15) is 22.4 Å². The van der Waals surface area contributed by atoms with E-state index in [-0.39, 0.29) is 29.9 Å². The first-order chi connectivity index (χ1) is 14.7. The lowest BCUT2D eigenvalue weighted by molar-refractivity contribution is -0.121. The van der Waals surface area contributed by atoms with Crippen LogP contribution < -0.4 is 15.4 Å². The maximum Gasteiger partial charge on any atom is 0.262 e. The number of amides is 2. The largest absolute Gasteiger partial charge is 0.482 e. The van der Waals surface area contributed by atoms with Crippen molar-refractivity contribution < 1.29 is 27.1 Å². The van der Waals surface area contributed by atoms with Crippen LogP contribution in [0.15, 0.2) is 41.3 Å². The summed E-state index contributed by atoms with van der Waals surface area (Å²) in [6, 6.07) is 8.54. The smallest absolute Gasteiger partial charge is 0.262 e. The number of carbonyl (C=O) groups excluding carboxylic acids is 2. The predicted octanol–water partition coefficient (Wildman–Crippen LogP) is 2.50. The lowest BCUT2D eigenvalue weighted by Gasteiger charge is -2.32. The zero-order valence-corrected chi connectivity index (χ0v) is 17.7. The Morgan fingerprint density at radius 1 is 1.29 bits per heavy atom. The number of sulfonamides is 1. The third-order valence-electron chi connectivity index (χ3n) is 5.37. The number of hydrogen-bond acceptors (Lipinski definition) is 5. The molecule has 0 saturated carbocycles. The SMILES string of the molecule is Cc1cc2c(cc1S(=O)(=O)N1CCC[C@H](C(=O)Nc3cccc(F)c3)C1)OCC(=O)N2. The average Bonchev–Trinajstić information content (AvgIpc) is 2.73. The number of nitrogens with one attached hydrogen (secondary N) is 2. The summed E-state index contributed by atoms with van der Waals surface area (Å²) in [6.07, 6.45) is 1.06. The van der Waals surface area contributed by atoms with Crippen LogP contribution in [0.5, 0.6) is 5.75 Å². The van der Waals surface area contributed by atoms with Gasteiger partial charge >= 0.3 is 0 Å². The van der Waals surface area contributed by atoms with E-state index in [4.69, 9.17) is 4.74 Å². The number of aryl methyl sites for hydroxylation is 1. The van der Waals surface area contributed by atoms with E-state index < -0.39 is 21.8 Å². The zero-order valence-electron chi connectivity index (χ0n) is 16.9. The number of nitrogens with zero attached hydrogens (tertiary/aromatic N) is 1. The van der Waals surface area contributed by atoms with Gasteiger partial charge in [-0.05, 0) is 49.6 Å². The summed E-state index contributed by atoms with van der Waals surface area (Å²) in [4.78, 5) is 24.2. The molecule has 4 rings (SSSR count). The van der Waals surface area contributed by atoms with Gasteiger partial charge in [-0.25, -0.2) is 12.8 Å². The molecule has 2 aromatic rings. The Labute approximate surface area is 179 Å². The molecule has 164 valence electrons. The first kappa shape index (κ1) is 21.3. The lowest BCUT2D eigenvalue weighted by atomic mass is 9.99. The number of halogens is 1. The van der Waals surface area contributed by atoms with Crippen LogP contribution in [-0.4, -0.2) is 44.2 Å². The van der Waals surface area contributed by atoms with Gasteiger partial charge in [-0.1, -0.05) is 6.07 Å². The summed E-state index contributed by atoms with van der Waals surface area (Å²) in [5.41, 5.74) is 1.23. The first-order valence-corrected chi connectivity index (χ1v) is 11.3. The predicted molar refractivity (Wildman–Crippen MR) is 112 cm³/mol. The van der Waals surface area contributed by atoms with Crippen LogP contribution in [-0.2, 0) is 19.6 Å². The van der Waals surface area contributed by atoms with Crippen molar-refractivity contribution in [1.29, 1.82) is 0 Å². The van der Waals surface area contributed by atoms with Gasteiger partial charge in [0.2, 0.25) is 15.9 Å². The molecule has 0 radical (unpaired) electrons. The number of anilines is 2. The number of piperidine rings is 1. The van der Waals surface area contributed by atoms with Crippen molar-refractivity contribution in [3.8, 4) is 5.75 Å². The minimum absolute atomic E-state index is 0.0254. The van der Waals surface area contributed by atoms with Crippen molar-refractivity contribution in [2.24, 2.45) is 5.92 Å².